The van der Waals surface area contributed by atoms with Crippen molar-refractivity contribution in [2.45, 2.75) is 18.6 Å². The molecule has 1 aromatic heterocycles. The summed E-state index contributed by atoms with van der Waals surface area (Å²) in [6.45, 7) is 0.415. The molecular weight excluding hydrogens is 344 g/mol. The lowest BCUT2D eigenvalue weighted by molar-refractivity contribution is 0.0883. The molecule has 1 aliphatic rings. The number of hydrogen-bond donors (Lipinski definition) is 2. The third kappa shape index (κ3) is 3.79. The number of hydrogen-bond acceptors (Lipinski definition) is 5. The molecule has 2 heterocycles. The third-order valence-electron chi connectivity index (χ3n) is 4.40. The lowest BCUT2D eigenvalue weighted by atomic mass is 10.1. The van der Waals surface area contributed by atoms with Crippen molar-refractivity contribution in [2.75, 3.05) is 6.54 Å². The van der Waals surface area contributed by atoms with Gasteiger partial charge in [-0.15, -0.1) is 11.3 Å². The van der Waals surface area contributed by atoms with Crippen molar-refractivity contribution >= 4 is 17.2 Å². The summed E-state index contributed by atoms with van der Waals surface area (Å²) in [4.78, 5) is 6.75. The number of oxime groups is 1. The molecular formula is C21H20N2O2S. The van der Waals surface area contributed by atoms with E-state index < -0.39 is 6.10 Å². The minimum absolute atomic E-state index is 0.0613. The number of aliphatic hydroxyl groups excluding tert-OH is 1. The smallest absolute Gasteiger partial charge is 0.168 e. The molecule has 0 unspecified atom stereocenters. The van der Waals surface area contributed by atoms with Crippen molar-refractivity contribution in [3.63, 3.8) is 0 Å². The van der Waals surface area contributed by atoms with Crippen LogP contribution in [0.3, 0.4) is 0 Å². The maximum atomic E-state index is 10.2. The van der Waals surface area contributed by atoms with Crippen LogP contribution in [-0.4, -0.2) is 17.5 Å². The summed E-state index contributed by atoms with van der Waals surface area (Å²) < 4.78 is 0. The number of amidine groups is 1. The lowest BCUT2D eigenvalue weighted by Crippen LogP contribution is -2.27. The molecule has 0 radical (unpaired) electrons. The van der Waals surface area contributed by atoms with Gasteiger partial charge < -0.3 is 15.3 Å². The highest BCUT2D eigenvalue weighted by Gasteiger charge is 2.25. The molecule has 2 atom stereocenters. The maximum Gasteiger partial charge on any atom is 0.168 e. The predicted molar refractivity (Wildman–Crippen MR) is 105 cm³/mol. The van der Waals surface area contributed by atoms with Gasteiger partial charge in [-0.2, -0.15) is 0 Å². The third-order valence-corrected chi connectivity index (χ3v) is 5.42. The molecule has 5 heteroatoms. The first-order chi connectivity index (χ1) is 12.8. The molecule has 0 amide bonds. The Morgan fingerprint density at radius 3 is 2.58 bits per heavy atom. The number of thiophene rings is 1. The van der Waals surface area contributed by atoms with E-state index in [9.17, 15) is 5.11 Å². The molecule has 26 heavy (non-hydrogen) atoms. The van der Waals surface area contributed by atoms with Crippen molar-refractivity contribution < 1.29 is 9.94 Å². The summed E-state index contributed by atoms with van der Waals surface area (Å²) >= 11 is 1.69. The van der Waals surface area contributed by atoms with Crippen LogP contribution in [0.5, 0.6) is 0 Å². The minimum atomic E-state index is -0.565. The minimum Gasteiger partial charge on any atom is -0.387 e. The second-order valence-corrected chi connectivity index (χ2v) is 7.19. The van der Waals surface area contributed by atoms with Gasteiger partial charge in [0.25, 0.3) is 0 Å². The van der Waals surface area contributed by atoms with Gasteiger partial charge in [-0.25, -0.2) is 0 Å². The van der Waals surface area contributed by atoms with Crippen LogP contribution < -0.4 is 5.32 Å². The Kier molecular flexibility index (Phi) is 5.00. The summed E-state index contributed by atoms with van der Waals surface area (Å²) in [5.74, 6) is 0.777. The van der Waals surface area contributed by atoms with Gasteiger partial charge in [0.2, 0.25) is 0 Å². The fourth-order valence-corrected chi connectivity index (χ4v) is 3.89. The Balaban J connectivity index is 1.33. The second-order valence-electron chi connectivity index (χ2n) is 6.25. The normalized spacial score (nSPS) is 17.4. The second kappa shape index (κ2) is 7.72. The Bertz CT molecular complexity index is 877. The zero-order valence-corrected chi connectivity index (χ0v) is 15.0. The van der Waals surface area contributed by atoms with Gasteiger partial charge in [0.05, 0.1) is 12.5 Å². The highest BCUT2D eigenvalue weighted by molar-refractivity contribution is 7.10. The molecule has 4 rings (SSSR count). The SMILES string of the molecule is O[C@H](CNC1=NO[C@H](c2cc(-c3ccccc3)cs2)C1)c1ccccc1. The van der Waals surface area contributed by atoms with Crippen molar-refractivity contribution in [3.8, 4) is 11.1 Å². The Hall–Kier alpha value is -2.63. The average Bonchev–Trinajstić information content (AvgIpc) is 3.37. The molecule has 0 saturated carbocycles. The van der Waals surface area contributed by atoms with Gasteiger partial charge in [-0.05, 0) is 28.1 Å². The van der Waals surface area contributed by atoms with Gasteiger partial charge in [-0.1, -0.05) is 65.8 Å². The van der Waals surface area contributed by atoms with Gasteiger partial charge in [0.1, 0.15) is 5.84 Å². The molecule has 1 aliphatic heterocycles. The fraction of sp³-hybridized carbons (Fsp3) is 0.190. The van der Waals surface area contributed by atoms with Crippen LogP contribution >= 0.6 is 11.3 Å². The molecule has 0 fully saturated rings. The van der Waals surface area contributed by atoms with Crippen molar-refractivity contribution in [3.05, 3.63) is 82.6 Å². The lowest BCUT2D eigenvalue weighted by Gasteiger charge is -2.12. The highest BCUT2D eigenvalue weighted by atomic mass is 32.1. The van der Waals surface area contributed by atoms with E-state index in [1.807, 2.05) is 48.5 Å². The monoisotopic (exact) mass is 364 g/mol. The summed E-state index contributed by atoms with van der Waals surface area (Å²) in [5.41, 5.74) is 3.30. The first kappa shape index (κ1) is 16.8. The van der Waals surface area contributed by atoms with Gasteiger partial charge in [0.15, 0.2) is 6.10 Å². The summed E-state index contributed by atoms with van der Waals surface area (Å²) in [5, 5.41) is 19.7. The number of aliphatic hydroxyl groups is 1. The number of nitrogens with one attached hydrogen (secondary N) is 1. The van der Waals surface area contributed by atoms with Crippen LogP contribution in [0.25, 0.3) is 11.1 Å². The van der Waals surface area contributed by atoms with Gasteiger partial charge in [-0.3, -0.25) is 0 Å². The van der Waals surface area contributed by atoms with E-state index in [2.05, 4.69) is 34.1 Å². The van der Waals surface area contributed by atoms with Crippen molar-refractivity contribution in [2.24, 2.45) is 5.16 Å². The van der Waals surface area contributed by atoms with E-state index in [-0.39, 0.29) is 6.10 Å². The summed E-state index contributed by atoms with van der Waals surface area (Å²) in [6, 6.07) is 22.1. The molecule has 3 aromatic rings. The molecule has 0 saturated heterocycles. The number of benzene rings is 2. The van der Waals surface area contributed by atoms with Crippen LogP contribution in [0.15, 0.2) is 77.3 Å². The molecule has 0 bridgehead atoms. The first-order valence-electron chi connectivity index (χ1n) is 8.63. The van der Waals surface area contributed by atoms with Crippen LogP contribution in [0.1, 0.15) is 29.1 Å². The van der Waals surface area contributed by atoms with E-state index >= 15 is 0 Å². The summed E-state index contributed by atoms with van der Waals surface area (Å²) in [7, 11) is 0. The Morgan fingerprint density at radius 2 is 1.81 bits per heavy atom. The number of rotatable bonds is 5. The van der Waals surface area contributed by atoms with Crippen LogP contribution in [0, 0.1) is 0 Å². The van der Waals surface area contributed by atoms with E-state index in [0.29, 0.717) is 13.0 Å². The van der Waals surface area contributed by atoms with E-state index in [0.717, 1.165) is 16.3 Å². The molecule has 0 spiro atoms. The first-order valence-corrected chi connectivity index (χ1v) is 9.51. The van der Waals surface area contributed by atoms with E-state index in [1.165, 1.54) is 11.1 Å². The maximum absolute atomic E-state index is 10.2. The van der Waals surface area contributed by atoms with Crippen LogP contribution in [-0.2, 0) is 4.84 Å². The van der Waals surface area contributed by atoms with Gasteiger partial charge in [0, 0.05) is 11.4 Å². The topological polar surface area (TPSA) is 53.8 Å². The van der Waals surface area contributed by atoms with E-state index in [1.54, 1.807) is 11.3 Å². The molecule has 2 N–H and O–H groups in total. The van der Waals surface area contributed by atoms with Crippen molar-refractivity contribution in [1.82, 2.24) is 5.32 Å². The number of nitrogens with zero attached hydrogens (tertiary/aromatic N) is 1. The summed E-state index contributed by atoms with van der Waals surface area (Å²) in [6.07, 6.45) is 0.0641. The van der Waals surface area contributed by atoms with Crippen molar-refractivity contribution in [1.29, 1.82) is 0 Å². The molecule has 2 aromatic carbocycles. The van der Waals surface area contributed by atoms with E-state index in [4.69, 9.17) is 4.84 Å². The quantitative estimate of drug-likeness (QED) is 0.700. The zero-order valence-electron chi connectivity index (χ0n) is 14.2. The Morgan fingerprint density at radius 1 is 1.08 bits per heavy atom. The highest BCUT2D eigenvalue weighted by Crippen LogP contribution is 2.34. The molecule has 0 aliphatic carbocycles. The average molecular weight is 364 g/mol. The molecule has 4 nitrogen and oxygen atoms in total. The van der Waals surface area contributed by atoms with Gasteiger partial charge >= 0.3 is 0 Å². The van der Waals surface area contributed by atoms with Crippen LogP contribution in [0.2, 0.25) is 0 Å². The Labute approximate surface area is 156 Å². The molecule has 132 valence electrons. The fourth-order valence-electron chi connectivity index (χ4n) is 2.95. The van der Waals surface area contributed by atoms with Crippen LogP contribution in [0.4, 0.5) is 0 Å². The standard InChI is InChI=1S/C21H20N2O2S/c24-18(16-9-5-2-6-10-16)13-22-21-12-19(25-23-21)20-11-17(14-26-20)15-7-3-1-4-8-15/h1-11,14,18-19,24H,12-13H2,(H,22,23)/t18-,19+/m1/s1. The zero-order chi connectivity index (χ0) is 17.8. The predicted octanol–water partition coefficient (Wildman–Crippen LogP) is 4.51. The largest absolute Gasteiger partial charge is 0.387 e.